The van der Waals surface area contributed by atoms with Crippen molar-refractivity contribution in [2.24, 2.45) is 21.1 Å². The van der Waals surface area contributed by atoms with Crippen LogP contribution >= 0.6 is 0 Å². The Morgan fingerprint density at radius 3 is 1.54 bits per heavy atom. The number of fused-ring (bicyclic) bond motifs is 9. The number of nitrogens with zero attached hydrogens (tertiary/aromatic N) is 9. The summed E-state index contributed by atoms with van der Waals surface area (Å²) < 4.78 is 14.6. The third kappa shape index (κ3) is 9.64. The predicted molar refractivity (Wildman–Crippen MR) is 263 cm³/mol. The first-order chi connectivity index (χ1) is 32.8. The molecular formula is C54H49Cl3N12O. The summed E-state index contributed by atoms with van der Waals surface area (Å²) in [6.45, 7) is 1.38. The van der Waals surface area contributed by atoms with Crippen molar-refractivity contribution < 1.29 is 55.7 Å². The fraction of sp³-hybridized carbons (Fsp3) is 0.148. The van der Waals surface area contributed by atoms with Crippen molar-refractivity contribution in [3.8, 4) is 50.3 Å². The Morgan fingerprint density at radius 1 is 0.529 bits per heavy atom. The molecule has 0 spiro atoms. The lowest BCUT2D eigenvalue weighted by molar-refractivity contribution is -0.671. The lowest BCUT2D eigenvalue weighted by Gasteiger charge is -2.10. The van der Waals surface area contributed by atoms with Gasteiger partial charge in [0.25, 0.3) is 0 Å². The van der Waals surface area contributed by atoms with Crippen LogP contribution in [-0.4, -0.2) is 46.1 Å². The number of aromatic amines is 2. The molecule has 13 nitrogen and oxygen atoms in total. The number of rotatable bonds is 11. The maximum atomic E-state index is 6.45. The number of nitrogen functional groups attached to an aromatic ring is 1. The highest BCUT2D eigenvalue weighted by Gasteiger charge is 2.21. The number of imidazole rings is 1. The van der Waals surface area contributed by atoms with Gasteiger partial charge >= 0.3 is 0 Å². The highest BCUT2D eigenvalue weighted by atomic mass is 35.5. The van der Waals surface area contributed by atoms with Gasteiger partial charge in [-0.1, -0.05) is 12.1 Å². The van der Waals surface area contributed by atoms with Crippen molar-refractivity contribution in [2.45, 2.75) is 25.8 Å². The smallest absolute Gasteiger partial charge is 0.169 e. The van der Waals surface area contributed by atoms with Crippen LogP contribution in [-0.2, 0) is 27.7 Å². The largest absolute Gasteiger partial charge is 1.00 e. The molecule has 352 valence electrons. The predicted octanol–water partition coefficient (Wildman–Crippen LogP) is -0.220. The highest BCUT2D eigenvalue weighted by molar-refractivity contribution is 6.00. The topological polar surface area (TPSA) is 148 Å². The molecule has 2 aliphatic rings. The standard InChI is InChI=1S/C54H48N12O.3ClH/c1-63-25-18-35(19-26-63)48-40-10-12-42(59-40)49(36-20-27-64(2)28-21-36)44-14-16-46(61-44)51(47-17-15-45(62-47)50(43-13-11-41(48)60-43)37-22-29-65(3)30-23-37)38-8-7-9-39(32-38)67-31-6-4-5-24-66-34-58-52-53(55)56-33-57-54(52)66;;;/h7-23,25-30,32-34H,4-6,24,31H2,1-3H3,(H3,55,56,57,59,60,61,62);3*1H/q+2;;;/p-2. The van der Waals surface area contributed by atoms with Crippen LogP contribution in [0.4, 0.5) is 5.82 Å². The fourth-order valence-electron chi connectivity index (χ4n) is 8.98. The van der Waals surface area contributed by atoms with E-state index in [0.29, 0.717) is 17.9 Å². The van der Waals surface area contributed by atoms with E-state index in [9.17, 15) is 0 Å². The second-order valence-electron chi connectivity index (χ2n) is 17.1. The van der Waals surface area contributed by atoms with Gasteiger partial charge in [0, 0.05) is 87.3 Å². The molecule has 9 aromatic rings. The Hall–Kier alpha value is -7.71. The molecule has 0 atom stereocenters. The van der Waals surface area contributed by atoms with Gasteiger partial charge in [0.2, 0.25) is 0 Å². The van der Waals surface area contributed by atoms with Crippen LogP contribution in [0.5, 0.6) is 5.75 Å². The summed E-state index contributed by atoms with van der Waals surface area (Å²) in [6.07, 6.45) is 27.0. The minimum Gasteiger partial charge on any atom is -1.00 e. The molecule has 2 aliphatic heterocycles. The number of nitrogens with one attached hydrogen (secondary N) is 2. The third-order valence-electron chi connectivity index (χ3n) is 12.4. The molecular weight excluding hydrogens is 939 g/mol. The molecule has 0 saturated carbocycles. The van der Waals surface area contributed by atoms with E-state index < -0.39 is 0 Å². The number of ether oxygens (including phenoxy) is 1. The Bertz CT molecular complexity index is 3440. The monoisotopic (exact) mass is 986 g/mol. The number of aromatic nitrogens is 11. The van der Waals surface area contributed by atoms with Crippen LogP contribution in [0.1, 0.15) is 42.0 Å². The first-order valence-electron chi connectivity index (χ1n) is 22.5. The molecule has 70 heavy (non-hydrogen) atoms. The van der Waals surface area contributed by atoms with E-state index in [1.807, 2.05) is 45.5 Å². The normalized spacial score (nSPS) is 11.5. The van der Waals surface area contributed by atoms with Crippen molar-refractivity contribution in [1.29, 1.82) is 0 Å². The summed E-state index contributed by atoms with van der Waals surface area (Å²) in [4.78, 5) is 31.5. The van der Waals surface area contributed by atoms with Crippen molar-refractivity contribution in [3.63, 3.8) is 0 Å². The molecule has 0 aliphatic carbocycles. The molecule has 16 heteroatoms. The van der Waals surface area contributed by atoms with E-state index in [4.69, 9.17) is 20.4 Å². The van der Waals surface area contributed by atoms with Crippen LogP contribution in [0.15, 0.2) is 135 Å². The zero-order valence-corrected chi connectivity index (χ0v) is 41.0. The zero-order valence-electron chi connectivity index (χ0n) is 38.7. The van der Waals surface area contributed by atoms with E-state index >= 15 is 0 Å². The van der Waals surface area contributed by atoms with E-state index in [1.54, 1.807) is 6.33 Å². The summed E-state index contributed by atoms with van der Waals surface area (Å²) >= 11 is 0. The van der Waals surface area contributed by atoms with Crippen LogP contribution in [0.25, 0.3) is 102 Å². The minimum absolute atomic E-state index is 0. The summed E-state index contributed by atoms with van der Waals surface area (Å²) in [6, 6.07) is 29.9. The molecule has 0 fully saturated rings. The molecule has 8 bridgehead atoms. The highest BCUT2D eigenvalue weighted by Crippen LogP contribution is 2.38. The average Bonchev–Trinajstić information content (AvgIpc) is 4.21. The summed E-state index contributed by atoms with van der Waals surface area (Å²) in [5.41, 5.74) is 22.7. The lowest BCUT2D eigenvalue weighted by atomic mass is 10.0. The Kier molecular flexibility index (Phi) is 14.5. The molecule has 11 rings (SSSR count). The van der Waals surface area contributed by atoms with Gasteiger partial charge in [-0.3, -0.25) is 0 Å². The molecule has 0 unspecified atom stereocenters. The second-order valence-corrected chi connectivity index (χ2v) is 17.1. The van der Waals surface area contributed by atoms with Gasteiger partial charge in [0.1, 0.15) is 38.7 Å². The van der Waals surface area contributed by atoms with Gasteiger partial charge in [0.05, 0.1) is 35.7 Å². The number of pyridine rings is 3. The van der Waals surface area contributed by atoms with E-state index in [-0.39, 0.29) is 37.2 Å². The summed E-state index contributed by atoms with van der Waals surface area (Å²) in [5.74, 6) is 1.20. The maximum absolute atomic E-state index is 6.45. The Labute approximate surface area is 423 Å². The number of anilines is 1. The zero-order chi connectivity index (χ0) is 45.4. The van der Waals surface area contributed by atoms with E-state index in [2.05, 4.69) is 165 Å². The van der Waals surface area contributed by atoms with Crippen LogP contribution < -0.4 is 61.4 Å². The van der Waals surface area contributed by atoms with E-state index in [0.717, 1.165) is 127 Å². The van der Waals surface area contributed by atoms with E-state index in [1.165, 1.54) is 6.33 Å². The third-order valence-corrected chi connectivity index (χ3v) is 12.4. The van der Waals surface area contributed by atoms with Gasteiger partial charge in [-0.15, -0.1) is 0 Å². The van der Waals surface area contributed by atoms with Crippen molar-refractivity contribution in [2.75, 3.05) is 12.3 Å². The van der Waals surface area contributed by atoms with Gasteiger partial charge in [-0.05, 0) is 102 Å². The summed E-state index contributed by atoms with van der Waals surface area (Å²) in [5, 5.41) is 0. The molecule has 1 aromatic carbocycles. The molecule has 0 radical (unpaired) electrons. The number of hydrogen-bond donors (Lipinski definition) is 3. The molecule has 8 aromatic heterocycles. The van der Waals surface area contributed by atoms with Gasteiger partial charge < -0.3 is 62.2 Å². The maximum Gasteiger partial charge on any atom is 0.169 e. The van der Waals surface area contributed by atoms with Gasteiger partial charge in [-0.25, -0.2) is 38.6 Å². The molecule has 0 saturated heterocycles. The number of benzene rings is 1. The number of nitrogens with two attached hydrogens (primary N) is 1. The average molecular weight is 988 g/mol. The summed E-state index contributed by atoms with van der Waals surface area (Å²) in [7, 11) is 6.09. The Balaban J connectivity index is 0.00000220. The SMILES string of the molecule is C[n+]1ccc(-c2c3nc(c(-c4cc[n+](C)cc4)c4ccc([nH]4)c(-c4cccc(OCCCCCn5cnc6c(N)ncnc65)c4)c4ccc([nH]4)c(-c4cc[n+](C)cc4)c4nc2C=C4)C=C3)cc1.[Cl-].[Cl-].[Cl-]. The van der Waals surface area contributed by atoms with Crippen molar-refractivity contribution in [1.82, 2.24) is 39.5 Å². The van der Waals surface area contributed by atoms with Crippen molar-refractivity contribution >= 4 is 63.4 Å². The fourth-order valence-corrected chi connectivity index (χ4v) is 8.98. The van der Waals surface area contributed by atoms with Gasteiger partial charge in [-0.2, -0.15) is 0 Å². The number of aryl methyl sites for hydroxylation is 4. The first-order valence-corrected chi connectivity index (χ1v) is 22.5. The van der Waals surface area contributed by atoms with Crippen LogP contribution in [0.2, 0.25) is 0 Å². The lowest BCUT2D eigenvalue weighted by Crippen LogP contribution is -3.00. The van der Waals surface area contributed by atoms with Crippen LogP contribution in [0.3, 0.4) is 0 Å². The molecule has 4 N–H and O–H groups in total. The second kappa shape index (κ2) is 20.9. The minimum atomic E-state index is 0. The Morgan fingerprint density at radius 2 is 1.01 bits per heavy atom. The molecule has 10 heterocycles. The first kappa shape index (κ1) is 48.7. The quantitative estimate of drug-likeness (QED) is 0.120. The number of hydrogen-bond acceptors (Lipinski definition) is 7. The number of unbranched alkanes of at least 4 members (excludes halogenated alkanes) is 2. The van der Waals surface area contributed by atoms with Crippen molar-refractivity contribution in [3.05, 3.63) is 158 Å². The molecule has 0 amide bonds. The van der Waals surface area contributed by atoms with Crippen LogP contribution in [0, 0.1) is 0 Å². The van der Waals surface area contributed by atoms with Gasteiger partial charge in [0.15, 0.2) is 48.6 Å². The number of H-pyrrole nitrogens is 2. The number of halogens is 3.